The molecule has 0 unspecified atom stereocenters. The smallest absolute Gasteiger partial charge is 0.191 e. The highest BCUT2D eigenvalue weighted by Crippen LogP contribution is 2.20. The lowest BCUT2D eigenvalue weighted by Crippen LogP contribution is -2.38. The Kier molecular flexibility index (Phi) is 12.1. The molecular weight excluding hydrogens is 401 g/mol. The number of rotatable bonds is 7. The highest BCUT2D eigenvalue weighted by atomic mass is 127. The van der Waals surface area contributed by atoms with E-state index in [-0.39, 0.29) is 24.0 Å². The van der Waals surface area contributed by atoms with Gasteiger partial charge < -0.3 is 15.4 Å². The molecule has 23 heavy (non-hydrogen) atoms. The van der Waals surface area contributed by atoms with Crippen LogP contribution in [0.3, 0.4) is 0 Å². The summed E-state index contributed by atoms with van der Waals surface area (Å²) in [6.07, 6.45) is 15.9. The maximum Gasteiger partial charge on any atom is 0.191 e. The van der Waals surface area contributed by atoms with Crippen molar-refractivity contribution in [2.45, 2.75) is 83.2 Å². The van der Waals surface area contributed by atoms with Gasteiger partial charge >= 0.3 is 0 Å². The second-order valence-electron chi connectivity index (χ2n) is 6.83. The van der Waals surface area contributed by atoms with Crippen molar-refractivity contribution in [2.75, 3.05) is 26.2 Å². The number of aliphatic imine (C=N–C) groups is 1. The van der Waals surface area contributed by atoms with Crippen LogP contribution in [0.15, 0.2) is 4.99 Å². The minimum Gasteiger partial charge on any atom is -0.378 e. The SMILES string of the molecule is I.NC(=NCCCCCOC1CCCCC1)N1CCCCCC1. The molecule has 1 saturated heterocycles. The Morgan fingerprint density at radius 1 is 0.913 bits per heavy atom. The van der Waals surface area contributed by atoms with Crippen molar-refractivity contribution in [3.8, 4) is 0 Å². The molecule has 0 amide bonds. The summed E-state index contributed by atoms with van der Waals surface area (Å²) in [6.45, 7) is 3.97. The molecule has 1 aliphatic carbocycles. The Bertz CT molecular complexity index is 311. The third-order valence-electron chi connectivity index (χ3n) is 4.91. The maximum absolute atomic E-state index is 6.11. The van der Waals surface area contributed by atoms with Crippen LogP contribution in [0, 0.1) is 0 Å². The van der Waals surface area contributed by atoms with E-state index in [1.165, 1.54) is 64.2 Å². The molecule has 136 valence electrons. The van der Waals surface area contributed by atoms with Gasteiger partial charge in [0.15, 0.2) is 5.96 Å². The highest BCUT2D eigenvalue weighted by Gasteiger charge is 2.13. The summed E-state index contributed by atoms with van der Waals surface area (Å²) in [5.74, 6) is 0.764. The van der Waals surface area contributed by atoms with Gasteiger partial charge in [-0.25, -0.2) is 0 Å². The van der Waals surface area contributed by atoms with Crippen LogP contribution < -0.4 is 5.73 Å². The minimum absolute atomic E-state index is 0. The van der Waals surface area contributed by atoms with E-state index in [2.05, 4.69) is 9.89 Å². The van der Waals surface area contributed by atoms with Crippen molar-refractivity contribution in [1.82, 2.24) is 4.90 Å². The van der Waals surface area contributed by atoms with Gasteiger partial charge in [0.05, 0.1) is 6.10 Å². The topological polar surface area (TPSA) is 50.9 Å². The van der Waals surface area contributed by atoms with Crippen LogP contribution in [0.1, 0.15) is 77.0 Å². The average molecular weight is 437 g/mol. The normalized spacial score (nSPS) is 20.9. The monoisotopic (exact) mass is 437 g/mol. The van der Waals surface area contributed by atoms with Gasteiger partial charge in [-0.1, -0.05) is 32.1 Å². The molecule has 0 aromatic heterocycles. The number of ether oxygens (including phenoxy) is 1. The summed E-state index contributed by atoms with van der Waals surface area (Å²) in [4.78, 5) is 6.82. The number of nitrogens with two attached hydrogens (primary N) is 1. The zero-order valence-electron chi connectivity index (χ0n) is 14.7. The molecule has 1 heterocycles. The van der Waals surface area contributed by atoms with Gasteiger partial charge in [0, 0.05) is 26.2 Å². The van der Waals surface area contributed by atoms with E-state index >= 15 is 0 Å². The molecule has 1 saturated carbocycles. The molecule has 0 spiro atoms. The summed E-state index contributed by atoms with van der Waals surface area (Å²) in [6, 6.07) is 0. The van der Waals surface area contributed by atoms with E-state index in [0.29, 0.717) is 6.10 Å². The molecule has 0 aromatic carbocycles. The van der Waals surface area contributed by atoms with Gasteiger partial charge in [-0.3, -0.25) is 4.99 Å². The van der Waals surface area contributed by atoms with Gasteiger partial charge in [-0.15, -0.1) is 24.0 Å². The first kappa shape index (κ1) is 21.0. The minimum atomic E-state index is 0. The molecule has 1 aliphatic heterocycles. The third-order valence-corrected chi connectivity index (χ3v) is 4.91. The molecule has 0 atom stereocenters. The molecule has 4 nitrogen and oxygen atoms in total. The Labute approximate surface area is 159 Å². The number of unbranched alkanes of at least 4 members (excludes halogenated alkanes) is 2. The van der Waals surface area contributed by atoms with Crippen LogP contribution in [-0.2, 0) is 4.74 Å². The van der Waals surface area contributed by atoms with E-state index in [4.69, 9.17) is 10.5 Å². The fourth-order valence-corrected chi connectivity index (χ4v) is 3.47. The number of guanidine groups is 1. The Morgan fingerprint density at radius 3 is 2.26 bits per heavy atom. The van der Waals surface area contributed by atoms with E-state index < -0.39 is 0 Å². The zero-order chi connectivity index (χ0) is 15.5. The quantitative estimate of drug-likeness (QED) is 0.280. The summed E-state index contributed by atoms with van der Waals surface area (Å²) < 4.78 is 5.95. The number of hydrogen-bond donors (Lipinski definition) is 1. The Hall–Kier alpha value is -0.0400. The van der Waals surface area contributed by atoms with Gasteiger partial charge in [-0.2, -0.15) is 0 Å². The first-order valence-corrected chi connectivity index (χ1v) is 9.53. The lowest BCUT2D eigenvalue weighted by atomic mass is 9.98. The number of likely N-dealkylation sites (tertiary alicyclic amines) is 1. The van der Waals surface area contributed by atoms with Crippen molar-refractivity contribution in [2.24, 2.45) is 10.7 Å². The van der Waals surface area contributed by atoms with Gasteiger partial charge in [-0.05, 0) is 44.9 Å². The Balaban J connectivity index is 0.00000264. The first-order chi connectivity index (χ1) is 10.9. The predicted octanol–water partition coefficient (Wildman–Crippen LogP) is 4.31. The van der Waals surface area contributed by atoms with E-state index in [9.17, 15) is 0 Å². The largest absolute Gasteiger partial charge is 0.378 e. The van der Waals surface area contributed by atoms with Crippen LogP contribution in [-0.4, -0.2) is 43.2 Å². The standard InChI is InChI=1S/C18H35N3O.HI/c19-18(21-14-8-1-2-9-15-21)20-13-7-4-10-16-22-17-11-5-3-6-12-17;/h17H,1-16H2,(H2,19,20);1H. The van der Waals surface area contributed by atoms with Crippen molar-refractivity contribution in [3.63, 3.8) is 0 Å². The van der Waals surface area contributed by atoms with Crippen LogP contribution in [0.5, 0.6) is 0 Å². The Morgan fingerprint density at radius 2 is 1.57 bits per heavy atom. The summed E-state index contributed by atoms with van der Waals surface area (Å²) in [5.41, 5.74) is 6.11. The van der Waals surface area contributed by atoms with Crippen molar-refractivity contribution < 1.29 is 4.74 Å². The van der Waals surface area contributed by atoms with Crippen LogP contribution >= 0.6 is 24.0 Å². The molecule has 2 N–H and O–H groups in total. The average Bonchev–Trinajstić information content (AvgIpc) is 2.84. The molecule has 0 bridgehead atoms. The fraction of sp³-hybridized carbons (Fsp3) is 0.944. The second kappa shape index (κ2) is 13.3. The summed E-state index contributed by atoms with van der Waals surface area (Å²) >= 11 is 0. The van der Waals surface area contributed by atoms with Gasteiger partial charge in [0.25, 0.3) is 0 Å². The predicted molar refractivity (Wildman–Crippen MR) is 109 cm³/mol. The zero-order valence-corrected chi connectivity index (χ0v) is 17.0. The number of nitrogens with zero attached hydrogens (tertiary/aromatic N) is 2. The number of halogens is 1. The van der Waals surface area contributed by atoms with E-state index in [1.807, 2.05) is 0 Å². The van der Waals surface area contributed by atoms with Gasteiger partial charge in [0.2, 0.25) is 0 Å². The van der Waals surface area contributed by atoms with E-state index in [0.717, 1.165) is 45.0 Å². The van der Waals surface area contributed by atoms with Crippen molar-refractivity contribution >= 4 is 29.9 Å². The van der Waals surface area contributed by atoms with Gasteiger partial charge in [0.1, 0.15) is 0 Å². The lowest BCUT2D eigenvalue weighted by molar-refractivity contribution is 0.0264. The fourth-order valence-electron chi connectivity index (χ4n) is 3.47. The van der Waals surface area contributed by atoms with Crippen LogP contribution in [0.25, 0.3) is 0 Å². The first-order valence-electron chi connectivity index (χ1n) is 9.53. The lowest BCUT2D eigenvalue weighted by Gasteiger charge is -2.22. The molecular formula is C18H36IN3O. The molecule has 2 fully saturated rings. The maximum atomic E-state index is 6.11. The van der Waals surface area contributed by atoms with E-state index in [1.54, 1.807) is 0 Å². The molecule has 0 radical (unpaired) electrons. The summed E-state index contributed by atoms with van der Waals surface area (Å²) in [5, 5.41) is 0. The van der Waals surface area contributed by atoms with Crippen molar-refractivity contribution in [1.29, 1.82) is 0 Å². The van der Waals surface area contributed by atoms with Crippen LogP contribution in [0.4, 0.5) is 0 Å². The summed E-state index contributed by atoms with van der Waals surface area (Å²) in [7, 11) is 0. The molecule has 0 aromatic rings. The highest BCUT2D eigenvalue weighted by molar-refractivity contribution is 14.0. The van der Waals surface area contributed by atoms with Crippen LogP contribution in [0.2, 0.25) is 0 Å². The number of hydrogen-bond acceptors (Lipinski definition) is 2. The third kappa shape index (κ3) is 9.13. The molecule has 2 rings (SSSR count). The van der Waals surface area contributed by atoms with Crippen molar-refractivity contribution in [3.05, 3.63) is 0 Å². The molecule has 2 aliphatic rings. The second-order valence-corrected chi connectivity index (χ2v) is 6.83. The molecule has 5 heteroatoms.